The van der Waals surface area contributed by atoms with Crippen LogP contribution in [0.4, 0.5) is 0 Å². The standard InChI is InChI=1S/C17H32O6/c1-2-21-16(18)15-20-11-6-3-5-10-19-12-8-14-23-17-9-4-7-13-22-17/h17H,2-15H2,1H3. The molecule has 0 saturated carbocycles. The summed E-state index contributed by atoms with van der Waals surface area (Å²) in [5.74, 6) is -0.295. The van der Waals surface area contributed by atoms with Crippen LogP contribution in [0.2, 0.25) is 0 Å². The average molecular weight is 332 g/mol. The van der Waals surface area contributed by atoms with Gasteiger partial charge in [-0.15, -0.1) is 0 Å². The Labute approximate surface area is 139 Å². The van der Waals surface area contributed by atoms with Crippen molar-refractivity contribution in [2.75, 3.05) is 46.2 Å². The van der Waals surface area contributed by atoms with Crippen LogP contribution in [0.1, 0.15) is 51.9 Å². The van der Waals surface area contributed by atoms with Crippen LogP contribution in [-0.4, -0.2) is 58.5 Å². The maximum atomic E-state index is 11.0. The number of esters is 1. The summed E-state index contributed by atoms with van der Waals surface area (Å²) < 4.78 is 26.7. The minimum atomic E-state index is -0.295. The Morgan fingerprint density at radius 2 is 1.78 bits per heavy atom. The first-order valence-corrected chi connectivity index (χ1v) is 8.87. The lowest BCUT2D eigenvalue weighted by molar-refractivity contribution is -0.164. The van der Waals surface area contributed by atoms with Gasteiger partial charge in [-0.3, -0.25) is 0 Å². The van der Waals surface area contributed by atoms with E-state index in [1.165, 1.54) is 6.42 Å². The second-order valence-corrected chi connectivity index (χ2v) is 5.55. The van der Waals surface area contributed by atoms with Crippen molar-refractivity contribution in [1.82, 2.24) is 0 Å². The van der Waals surface area contributed by atoms with Crippen molar-refractivity contribution in [3.63, 3.8) is 0 Å². The van der Waals surface area contributed by atoms with Crippen molar-refractivity contribution in [2.45, 2.75) is 58.2 Å². The lowest BCUT2D eigenvalue weighted by Crippen LogP contribution is -2.23. The van der Waals surface area contributed by atoms with Crippen molar-refractivity contribution >= 4 is 5.97 Å². The Morgan fingerprint density at radius 3 is 2.52 bits per heavy atom. The highest BCUT2D eigenvalue weighted by atomic mass is 16.7. The summed E-state index contributed by atoms with van der Waals surface area (Å²) in [5, 5.41) is 0. The molecule has 0 bridgehead atoms. The molecule has 0 aromatic carbocycles. The minimum Gasteiger partial charge on any atom is -0.464 e. The van der Waals surface area contributed by atoms with Gasteiger partial charge in [-0.1, -0.05) is 0 Å². The molecule has 0 aromatic heterocycles. The lowest BCUT2D eigenvalue weighted by Gasteiger charge is -2.22. The smallest absolute Gasteiger partial charge is 0.332 e. The van der Waals surface area contributed by atoms with Crippen LogP contribution in [0.5, 0.6) is 0 Å². The van der Waals surface area contributed by atoms with E-state index in [-0.39, 0.29) is 18.9 Å². The maximum Gasteiger partial charge on any atom is 0.332 e. The van der Waals surface area contributed by atoms with E-state index in [0.717, 1.165) is 58.3 Å². The Balaban J connectivity index is 1.72. The van der Waals surface area contributed by atoms with Gasteiger partial charge in [-0.05, 0) is 51.9 Å². The minimum absolute atomic E-state index is 0.00152. The van der Waals surface area contributed by atoms with E-state index in [4.69, 9.17) is 23.7 Å². The summed E-state index contributed by atoms with van der Waals surface area (Å²) in [4.78, 5) is 11.0. The monoisotopic (exact) mass is 332 g/mol. The Morgan fingerprint density at radius 1 is 1.00 bits per heavy atom. The molecule has 0 aliphatic carbocycles. The highest BCUT2D eigenvalue weighted by Gasteiger charge is 2.13. The fraction of sp³-hybridized carbons (Fsp3) is 0.941. The van der Waals surface area contributed by atoms with E-state index < -0.39 is 0 Å². The summed E-state index contributed by atoms with van der Waals surface area (Å²) in [7, 11) is 0. The van der Waals surface area contributed by atoms with Gasteiger partial charge in [0.1, 0.15) is 6.61 Å². The molecule has 1 fully saturated rings. The first kappa shape index (κ1) is 20.4. The molecule has 1 saturated heterocycles. The molecule has 23 heavy (non-hydrogen) atoms. The molecule has 1 unspecified atom stereocenters. The molecule has 1 rings (SSSR count). The predicted molar refractivity (Wildman–Crippen MR) is 86.3 cm³/mol. The van der Waals surface area contributed by atoms with Crippen LogP contribution >= 0.6 is 0 Å². The van der Waals surface area contributed by atoms with Gasteiger partial charge in [0.15, 0.2) is 6.29 Å². The molecule has 0 aromatic rings. The Kier molecular flexibility index (Phi) is 13.2. The lowest BCUT2D eigenvalue weighted by atomic mass is 10.2. The van der Waals surface area contributed by atoms with Gasteiger partial charge < -0.3 is 23.7 Å². The Hall–Kier alpha value is -0.690. The summed E-state index contributed by atoms with van der Waals surface area (Å²) in [5.41, 5.74) is 0. The molecule has 0 amide bonds. The summed E-state index contributed by atoms with van der Waals surface area (Å²) >= 11 is 0. The first-order valence-electron chi connectivity index (χ1n) is 8.87. The zero-order chi connectivity index (χ0) is 16.6. The van der Waals surface area contributed by atoms with E-state index >= 15 is 0 Å². The molecule has 0 N–H and O–H groups in total. The summed E-state index contributed by atoms with van der Waals surface area (Å²) in [6.45, 7) is 5.84. The van der Waals surface area contributed by atoms with Crippen molar-refractivity contribution < 1.29 is 28.5 Å². The zero-order valence-electron chi connectivity index (χ0n) is 14.4. The van der Waals surface area contributed by atoms with Gasteiger partial charge in [0.05, 0.1) is 13.2 Å². The topological polar surface area (TPSA) is 63.2 Å². The first-order chi connectivity index (χ1) is 11.3. The number of hydrogen-bond donors (Lipinski definition) is 0. The van der Waals surface area contributed by atoms with E-state index in [1.807, 2.05) is 0 Å². The van der Waals surface area contributed by atoms with Crippen LogP contribution < -0.4 is 0 Å². The van der Waals surface area contributed by atoms with Gasteiger partial charge in [-0.2, -0.15) is 0 Å². The number of carbonyl (C=O) groups is 1. The molecule has 1 atom stereocenters. The Bertz CT molecular complexity index is 278. The van der Waals surface area contributed by atoms with Crippen LogP contribution in [-0.2, 0) is 28.5 Å². The van der Waals surface area contributed by atoms with E-state index in [2.05, 4.69) is 0 Å². The average Bonchev–Trinajstić information content (AvgIpc) is 2.57. The molecule has 0 radical (unpaired) electrons. The van der Waals surface area contributed by atoms with Crippen molar-refractivity contribution in [3.05, 3.63) is 0 Å². The van der Waals surface area contributed by atoms with Gasteiger partial charge in [0, 0.05) is 26.4 Å². The van der Waals surface area contributed by atoms with E-state index in [0.29, 0.717) is 19.8 Å². The molecule has 136 valence electrons. The molecule has 0 spiro atoms. The van der Waals surface area contributed by atoms with Crippen LogP contribution in [0.3, 0.4) is 0 Å². The van der Waals surface area contributed by atoms with E-state index in [9.17, 15) is 4.79 Å². The van der Waals surface area contributed by atoms with Gasteiger partial charge >= 0.3 is 5.97 Å². The number of hydrogen-bond acceptors (Lipinski definition) is 6. The molecule has 1 aliphatic rings. The predicted octanol–water partition coefficient (Wildman–Crippen LogP) is 2.69. The molecule has 1 heterocycles. The molecular weight excluding hydrogens is 300 g/mol. The second-order valence-electron chi connectivity index (χ2n) is 5.55. The third-order valence-electron chi connectivity index (χ3n) is 3.48. The quantitative estimate of drug-likeness (QED) is 0.360. The van der Waals surface area contributed by atoms with Crippen LogP contribution in [0.25, 0.3) is 0 Å². The van der Waals surface area contributed by atoms with Crippen LogP contribution in [0.15, 0.2) is 0 Å². The number of carbonyl (C=O) groups excluding carboxylic acids is 1. The third kappa shape index (κ3) is 12.4. The maximum absolute atomic E-state index is 11.0. The number of rotatable bonds is 14. The number of unbranched alkanes of at least 4 members (excludes halogenated alkanes) is 2. The summed E-state index contributed by atoms with van der Waals surface area (Å²) in [6.07, 6.45) is 7.25. The molecular formula is C17H32O6. The van der Waals surface area contributed by atoms with Crippen molar-refractivity contribution in [1.29, 1.82) is 0 Å². The molecule has 6 nitrogen and oxygen atoms in total. The SMILES string of the molecule is CCOC(=O)COCCCCCOCCCOC1CCCCO1. The third-order valence-corrected chi connectivity index (χ3v) is 3.48. The van der Waals surface area contributed by atoms with Gasteiger partial charge in [0.2, 0.25) is 0 Å². The largest absolute Gasteiger partial charge is 0.464 e. The molecule has 6 heteroatoms. The highest BCUT2D eigenvalue weighted by Crippen LogP contribution is 2.13. The second kappa shape index (κ2) is 14.9. The summed E-state index contributed by atoms with van der Waals surface area (Å²) in [6, 6.07) is 0. The van der Waals surface area contributed by atoms with Gasteiger partial charge in [-0.25, -0.2) is 4.79 Å². The zero-order valence-corrected chi connectivity index (χ0v) is 14.4. The van der Waals surface area contributed by atoms with Crippen LogP contribution in [0, 0.1) is 0 Å². The van der Waals surface area contributed by atoms with E-state index in [1.54, 1.807) is 6.92 Å². The normalized spacial score (nSPS) is 18.0. The fourth-order valence-corrected chi connectivity index (χ4v) is 2.26. The van der Waals surface area contributed by atoms with Crippen molar-refractivity contribution in [2.24, 2.45) is 0 Å². The van der Waals surface area contributed by atoms with Gasteiger partial charge in [0.25, 0.3) is 0 Å². The highest BCUT2D eigenvalue weighted by molar-refractivity contribution is 5.70. The molecule has 1 aliphatic heterocycles. The fourth-order valence-electron chi connectivity index (χ4n) is 2.26. The van der Waals surface area contributed by atoms with Crippen molar-refractivity contribution in [3.8, 4) is 0 Å². The number of ether oxygens (including phenoxy) is 5.